The van der Waals surface area contributed by atoms with Crippen LogP contribution < -0.4 is 4.72 Å². The Labute approximate surface area is 191 Å². The molecule has 5 nitrogen and oxygen atoms in total. The van der Waals surface area contributed by atoms with Crippen molar-refractivity contribution >= 4 is 21.5 Å². The van der Waals surface area contributed by atoms with Gasteiger partial charge in [-0.05, 0) is 72.4 Å². The highest BCUT2D eigenvalue weighted by atomic mass is 32.2. The lowest BCUT2D eigenvalue weighted by molar-refractivity contribution is 0.0965. The molecule has 0 bridgehead atoms. The van der Waals surface area contributed by atoms with Crippen molar-refractivity contribution in [3.05, 3.63) is 64.7 Å². The molecule has 0 radical (unpaired) electrons. The predicted molar refractivity (Wildman–Crippen MR) is 128 cm³/mol. The second-order valence-corrected chi connectivity index (χ2v) is 11.6. The van der Waals surface area contributed by atoms with Crippen LogP contribution in [0, 0.1) is 11.8 Å². The first kappa shape index (κ1) is 21.7. The molecule has 6 heteroatoms. The van der Waals surface area contributed by atoms with E-state index in [1.165, 1.54) is 29.4 Å². The minimum absolute atomic E-state index is 0.135. The molecule has 2 unspecified atom stereocenters. The number of benzene rings is 2. The van der Waals surface area contributed by atoms with E-state index < -0.39 is 10.0 Å². The topological polar surface area (TPSA) is 66.5 Å². The van der Waals surface area contributed by atoms with Gasteiger partial charge < -0.3 is 4.90 Å². The largest absolute Gasteiger partial charge is 0.302 e. The fraction of sp³-hybridized carbons (Fsp3) is 0.500. The lowest BCUT2D eigenvalue weighted by atomic mass is 9.87. The Hall–Kier alpha value is -2.18. The molecule has 32 heavy (non-hydrogen) atoms. The molecule has 170 valence electrons. The van der Waals surface area contributed by atoms with Gasteiger partial charge in [0.25, 0.3) is 0 Å². The van der Waals surface area contributed by atoms with Crippen molar-refractivity contribution in [1.29, 1.82) is 0 Å². The fourth-order valence-electron chi connectivity index (χ4n) is 6.39. The van der Waals surface area contributed by atoms with Crippen LogP contribution in [0.3, 0.4) is 0 Å². The molecular weight excluding hydrogens is 420 g/mol. The van der Waals surface area contributed by atoms with E-state index in [9.17, 15) is 13.2 Å². The summed E-state index contributed by atoms with van der Waals surface area (Å²) in [5.74, 6) is 1.41. The number of anilines is 1. The Bertz CT molecular complexity index is 1150. The maximum Gasteiger partial charge on any atom is 0.229 e. The summed E-state index contributed by atoms with van der Waals surface area (Å²) in [5.41, 5.74) is 5.65. The van der Waals surface area contributed by atoms with Crippen molar-refractivity contribution in [1.82, 2.24) is 4.90 Å². The maximum absolute atomic E-state index is 12.8. The molecule has 1 N–H and O–H groups in total. The predicted octanol–water partition coefficient (Wildman–Crippen LogP) is 4.03. The van der Waals surface area contributed by atoms with Crippen LogP contribution in [-0.4, -0.2) is 45.0 Å². The van der Waals surface area contributed by atoms with Crippen LogP contribution >= 0.6 is 0 Å². The molecular formula is C26H32N2O3S. The number of carbonyl (C=O) groups is 1. The zero-order chi connectivity index (χ0) is 22.5. The number of aryl methyl sites for hydroxylation is 2. The number of hydrogen-bond acceptors (Lipinski definition) is 4. The molecule has 1 saturated carbocycles. The van der Waals surface area contributed by atoms with Crippen LogP contribution in [0.1, 0.15) is 53.2 Å². The van der Waals surface area contributed by atoms with Gasteiger partial charge in [0, 0.05) is 42.7 Å². The number of Topliss-reactive ketones (excluding diaryl/α,β-unsaturated/α-hetero) is 1. The summed E-state index contributed by atoms with van der Waals surface area (Å²) in [6.45, 7) is 5.08. The molecule has 2 aromatic carbocycles. The Balaban J connectivity index is 1.20. The summed E-state index contributed by atoms with van der Waals surface area (Å²) in [7, 11) is -3.29. The summed E-state index contributed by atoms with van der Waals surface area (Å²) in [6, 6.07) is 14.2. The molecule has 5 rings (SSSR count). The van der Waals surface area contributed by atoms with Crippen molar-refractivity contribution in [2.75, 3.05) is 30.6 Å². The first-order chi connectivity index (χ1) is 15.3. The highest BCUT2D eigenvalue weighted by molar-refractivity contribution is 7.92. The van der Waals surface area contributed by atoms with E-state index in [1.807, 2.05) is 24.3 Å². The average Bonchev–Trinajstić information content (AvgIpc) is 3.10. The molecule has 0 spiro atoms. The van der Waals surface area contributed by atoms with Gasteiger partial charge in [0.05, 0.1) is 6.26 Å². The quantitative estimate of drug-likeness (QED) is 0.614. The molecule has 2 aromatic rings. The van der Waals surface area contributed by atoms with Gasteiger partial charge in [0.15, 0.2) is 5.78 Å². The second-order valence-electron chi connectivity index (χ2n) is 9.83. The van der Waals surface area contributed by atoms with Gasteiger partial charge >= 0.3 is 0 Å². The normalized spacial score (nSPS) is 26.6. The molecule has 1 aliphatic heterocycles. The fourth-order valence-corrected chi connectivity index (χ4v) is 6.95. The Kier molecular flexibility index (Phi) is 5.41. The van der Waals surface area contributed by atoms with Crippen molar-refractivity contribution < 1.29 is 13.2 Å². The summed E-state index contributed by atoms with van der Waals surface area (Å²) in [4.78, 5) is 15.2. The van der Waals surface area contributed by atoms with E-state index in [1.54, 1.807) is 0 Å². The first-order valence-corrected chi connectivity index (χ1v) is 13.6. The number of piperidine rings is 1. The third kappa shape index (κ3) is 3.88. The van der Waals surface area contributed by atoms with E-state index in [4.69, 9.17) is 0 Å². The molecule has 1 heterocycles. The second kappa shape index (κ2) is 7.99. The van der Waals surface area contributed by atoms with Crippen LogP contribution in [-0.2, 0) is 28.3 Å². The molecule has 0 aromatic heterocycles. The highest BCUT2D eigenvalue weighted by Crippen LogP contribution is 2.65. The summed E-state index contributed by atoms with van der Waals surface area (Å²) >= 11 is 0. The molecule has 3 aliphatic rings. The van der Waals surface area contributed by atoms with Gasteiger partial charge in [-0.2, -0.15) is 0 Å². The average molecular weight is 453 g/mol. The van der Waals surface area contributed by atoms with E-state index in [2.05, 4.69) is 34.7 Å². The van der Waals surface area contributed by atoms with Crippen LogP contribution in [0.25, 0.3) is 0 Å². The number of fused-ring (bicyclic) bond motifs is 2. The monoisotopic (exact) mass is 452 g/mol. The molecule has 2 aliphatic carbocycles. The van der Waals surface area contributed by atoms with Gasteiger partial charge in [0.2, 0.25) is 10.0 Å². The van der Waals surface area contributed by atoms with Crippen LogP contribution in [0.4, 0.5) is 5.69 Å². The number of likely N-dealkylation sites (tertiary alicyclic amines) is 1. The van der Waals surface area contributed by atoms with Gasteiger partial charge in [-0.15, -0.1) is 0 Å². The van der Waals surface area contributed by atoms with E-state index in [0.29, 0.717) is 23.9 Å². The van der Waals surface area contributed by atoms with Crippen molar-refractivity contribution in [2.45, 2.75) is 44.4 Å². The van der Waals surface area contributed by atoms with Crippen molar-refractivity contribution in [3.63, 3.8) is 0 Å². The maximum atomic E-state index is 12.8. The number of nitrogens with one attached hydrogen (secondary N) is 1. The molecule has 2 fully saturated rings. The number of hydrogen-bond donors (Lipinski definition) is 1. The van der Waals surface area contributed by atoms with Gasteiger partial charge in [-0.25, -0.2) is 8.42 Å². The number of nitrogens with zero attached hydrogens (tertiary/aromatic N) is 1. The first-order valence-electron chi connectivity index (χ1n) is 11.8. The third-order valence-corrected chi connectivity index (χ3v) is 8.58. The van der Waals surface area contributed by atoms with Gasteiger partial charge in [-0.1, -0.05) is 31.2 Å². The molecule has 2 atom stereocenters. The zero-order valence-electron chi connectivity index (χ0n) is 18.9. The number of rotatable bonds is 8. The Morgan fingerprint density at radius 3 is 2.56 bits per heavy atom. The number of carbonyl (C=O) groups excluding carboxylic acids is 1. The minimum Gasteiger partial charge on any atom is -0.302 e. The van der Waals surface area contributed by atoms with E-state index >= 15 is 0 Å². The van der Waals surface area contributed by atoms with Gasteiger partial charge in [-0.3, -0.25) is 9.52 Å². The smallest absolute Gasteiger partial charge is 0.229 e. The third-order valence-electron chi connectivity index (χ3n) is 7.97. The zero-order valence-corrected chi connectivity index (χ0v) is 19.7. The minimum atomic E-state index is -3.29. The molecule has 1 saturated heterocycles. The lowest BCUT2D eigenvalue weighted by Gasteiger charge is -2.26. The van der Waals surface area contributed by atoms with E-state index in [-0.39, 0.29) is 11.2 Å². The van der Waals surface area contributed by atoms with Gasteiger partial charge in [0.1, 0.15) is 0 Å². The number of sulfonamides is 1. The van der Waals surface area contributed by atoms with Crippen LogP contribution in [0.5, 0.6) is 0 Å². The Morgan fingerprint density at radius 2 is 1.84 bits per heavy atom. The summed E-state index contributed by atoms with van der Waals surface area (Å²) < 4.78 is 25.9. The van der Waals surface area contributed by atoms with Crippen molar-refractivity contribution in [2.24, 2.45) is 11.8 Å². The number of ketones is 1. The highest BCUT2D eigenvalue weighted by Gasteiger charge is 2.67. The van der Waals surface area contributed by atoms with E-state index in [0.717, 1.165) is 44.5 Å². The van der Waals surface area contributed by atoms with Crippen LogP contribution in [0.15, 0.2) is 42.5 Å². The van der Waals surface area contributed by atoms with Crippen LogP contribution in [0.2, 0.25) is 0 Å². The summed E-state index contributed by atoms with van der Waals surface area (Å²) in [6.07, 6.45) is 6.26. The molecule has 0 amide bonds. The lowest BCUT2D eigenvalue weighted by Crippen LogP contribution is -2.32. The van der Waals surface area contributed by atoms with Crippen molar-refractivity contribution in [3.8, 4) is 0 Å². The SMILES string of the molecule is CCC1(c2cccc(NS(C)(=O)=O)c2)C2CN(CCC(=O)c3ccc4c(c3)CCC4)CC21. The Morgan fingerprint density at radius 1 is 1.09 bits per heavy atom. The standard InChI is InChI=1S/C26H32N2O3S/c1-3-26(21-8-5-9-22(15-21)27-32(2,30)31)23-16-28(17-24(23)26)13-12-25(29)20-11-10-18-6-4-7-19(18)14-20/h5,8-11,14-15,23-24,27H,3-4,6-7,12-13,16-17H2,1-2H3. The summed E-state index contributed by atoms with van der Waals surface area (Å²) in [5, 5.41) is 0.